The molecule has 1 heterocycles. The number of carbonyl (C=O) groups is 1. The number of benzene rings is 1. The number of aromatic nitrogens is 2. The molecule has 0 aliphatic carbocycles. The molecule has 0 unspecified atom stereocenters. The van der Waals surface area contributed by atoms with Crippen LogP contribution in [0.1, 0.15) is 27.3 Å². The van der Waals surface area contributed by atoms with Crippen molar-refractivity contribution < 1.29 is 4.79 Å². The van der Waals surface area contributed by atoms with Gasteiger partial charge in [-0.1, -0.05) is 29.8 Å². The Morgan fingerprint density at radius 2 is 2.06 bits per heavy atom. The van der Waals surface area contributed by atoms with Crippen LogP contribution in [0.5, 0.6) is 0 Å². The minimum absolute atomic E-state index is 0.327. The number of hydrogen-bond donors (Lipinski definition) is 2. The molecule has 0 saturated heterocycles. The maximum atomic E-state index is 11.6. The minimum atomic E-state index is -0.331. The van der Waals surface area contributed by atoms with E-state index in [1.165, 1.54) is 5.56 Å². The van der Waals surface area contributed by atoms with E-state index in [1.807, 2.05) is 38.1 Å². The number of rotatable bonds is 3. The molecule has 0 aliphatic heterocycles. The van der Waals surface area contributed by atoms with Crippen LogP contribution in [0.4, 0.5) is 0 Å². The van der Waals surface area contributed by atoms with Gasteiger partial charge in [0.25, 0.3) is 5.91 Å². The number of carbonyl (C=O) groups excluding carboxylic acids is 1. The third-order valence-corrected chi connectivity index (χ3v) is 2.40. The summed E-state index contributed by atoms with van der Waals surface area (Å²) in [7, 11) is 0. The lowest BCUT2D eigenvalue weighted by Crippen LogP contribution is -2.17. The molecule has 0 atom stereocenters. The highest BCUT2D eigenvalue weighted by molar-refractivity contribution is 5.93. The van der Waals surface area contributed by atoms with Crippen LogP contribution in [0.25, 0.3) is 0 Å². The molecule has 2 N–H and O–H groups in total. The van der Waals surface area contributed by atoms with E-state index >= 15 is 0 Å². The smallest absolute Gasteiger partial charge is 0.282 e. The first kappa shape index (κ1) is 12.0. The normalized spacial score (nSPS) is 10.8. The first-order chi connectivity index (χ1) is 8.65. The summed E-state index contributed by atoms with van der Waals surface area (Å²) in [5, 5.41) is 10.4. The number of aryl methyl sites for hydroxylation is 2. The van der Waals surface area contributed by atoms with Crippen molar-refractivity contribution in [3.63, 3.8) is 0 Å². The van der Waals surface area contributed by atoms with Crippen molar-refractivity contribution in [2.75, 3.05) is 0 Å². The Hall–Kier alpha value is -2.43. The van der Waals surface area contributed by atoms with Gasteiger partial charge in [-0.15, -0.1) is 0 Å². The van der Waals surface area contributed by atoms with E-state index < -0.39 is 0 Å². The second-order valence-corrected chi connectivity index (χ2v) is 4.05. The first-order valence-corrected chi connectivity index (χ1v) is 5.57. The molecule has 1 amide bonds. The van der Waals surface area contributed by atoms with Gasteiger partial charge in [-0.05, 0) is 25.5 Å². The van der Waals surface area contributed by atoms with Gasteiger partial charge in [-0.3, -0.25) is 9.89 Å². The van der Waals surface area contributed by atoms with Gasteiger partial charge < -0.3 is 0 Å². The lowest BCUT2D eigenvalue weighted by atomic mass is 10.2. The Labute approximate surface area is 105 Å². The molecule has 2 rings (SSSR count). The highest BCUT2D eigenvalue weighted by atomic mass is 16.2. The fourth-order valence-electron chi connectivity index (χ4n) is 1.41. The molecule has 0 bridgehead atoms. The van der Waals surface area contributed by atoms with Crippen LogP contribution in [0.15, 0.2) is 35.4 Å². The first-order valence-electron chi connectivity index (χ1n) is 5.57. The van der Waals surface area contributed by atoms with Gasteiger partial charge in [0, 0.05) is 5.69 Å². The molecule has 18 heavy (non-hydrogen) atoms. The van der Waals surface area contributed by atoms with Crippen LogP contribution in [0.3, 0.4) is 0 Å². The third kappa shape index (κ3) is 3.04. The highest BCUT2D eigenvalue weighted by Gasteiger charge is 2.06. The van der Waals surface area contributed by atoms with E-state index in [9.17, 15) is 4.79 Å². The van der Waals surface area contributed by atoms with Gasteiger partial charge in [0.05, 0.1) is 6.21 Å². The Bertz CT molecular complexity index is 569. The molecule has 2 aromatic rings. The molecule has 0 spiro atoms. The summed E-state index contributed by atoms with van der Waals surface area (Å²) >= 11 is 0. The predicted octanol–water partition coefficient (Wildman–Crippen LogP) is 1.79. The average molecular weight is 242 g/mol. The molecule has 0 saturated carbocycles. The standard InChI is InChI=1S/C13H14N4O/c1-9-3-5-11(6-4-9)8-14-17-13(18)12-7-10(2)15-16-12/h3-8H,1-2H3,(H,15,16)(H,17,18). The van der Waals surface area contributed by atoms with Crippen molar-refractivity contribution in [3.8, 4) is 0 Å². The van der Waals surface area contributed by atoms with E-state index in [0.717, 1.165) is 11.3 Å². The van der Waals surface area contributed by atoms with Crippen LogP contribution < -0.4 is 5.43 Å². The van der Waals surface area contributed by atoms with Gasteiger partial charge in [-0.25, -0.2) is 5.43 Å². The molecule has 0 radical (unpaired) electrons. The van der Waals surface area contributed by atoms with E-state index in [1.54, 1.807) is 12.3 Å². The predicted molar refractivity (Wildman–Crippen MR) is 69.6 cm³/mol. The summed E-state index contributed by atoms with van der Waals surface area (Å²) in [4.78, 5) is 11.6. The summed E-state index contributed by atoms with van der Waals surface area (Å²) < 4.78 is 0. The summed E-state index contributed by atoms with van der Waals surface area (Å²) in [6.07, 6.45) is 1.59. The highest BCUT2D eigenvalue weighted by Crippen LogP contribution is 2.00. The maximum Gasteiger partial charge on any atom is 0.291 e. The van der Waals surface area contributed by atoms with Crippen LogP contribution in [-0.4, -0.2) is 22.3 Å². The number of hydrogen-bond acceptors (Lipinski definition) is 3. The monoisotopic (exact) mass is 242 g/mol. The zero-order valence-corrected chi connectivity index (χ0v) is 10.3. The topological polar surface area (TPSA) is 70.1 Å². The lowest BCUT2D eigenvalue weighted by Gasteiger charge is -1.96. The second-order valence-electron chi connectivity index (χ2n) is 4.05. The fourth-order valence-corrected chi connectivity index (χ4v) is 1.41. The Morgan fingerprint density at radius 3 is 2.67 bits per heavy atom. The van der Waals surface area contributed by atoms with Gasteiger partial charge in [0.2, 0.25) is 0 Å². The van der Waals surface area contributed by atoms with Crippen molar-refractivity contribution in [2.45, 2.75) is 13.8 Å². The van der Waals surface area contributed by atoms with Crippen LogP contribution >= 0.6 is 0 Å². The summed E-state index contributed by atoms with van der Waals surface area (Å²) in [5.41, 5.74) is 5.70. The van der Waals surface area contributed by atoms with Crippen LogP contribution in [0.2, 0.25) is 0 Å². The van der Waals surface area contributed by atoms with E-state index in [2.05, 4.69) is 20.7 Å². The molecular formula is C13H14N4O. The zero-order valence-electron chi connectivity index (χ0n) is 10.3. The van der Waals surface area contributed by atoms with Crippen molar-refractivity contribution in [1.29, 1.82) is 0 Å². The summed E-state index contributed by atoms with van der Waals surface area (Å²) in [5.74, 6) is -0.331. The molecule has 5 heteroatoms. The molecule has 0 fully saturated rings. The number of aromatic amines is 1. The molecular weight excluding hydrogens is 228 g/mol. The average Bonchev–Trinajstić information content (AvgIpc) is 2.78. The molecule has 0 aliphatic rings. The van der Waals surface area contributed by atoms with Gasteiger partial charge in [-0.2, -0.15) is 10.2 Å². The minimum Gasteiger partial charge on any atom is -0.282 e. The molecule has 92 valence electrons. The quantitative estimate of drug-likeness (QED) is 0.636. The Balaban J connectivity index is 1.95. The Morgan fingerprint density at radius 1 is 1.33 bits per heavy atom. The number of nitrogens with one attached hydrogen (secondary N) is 2. The van der Waals surface area contributed by atoms with Crippen molar-refractivity contribution in [1.82, 2.24) is 15.6 Å². The number of amides is 1. The summed E-state index contributed by atoms with van der Waals surface area (Å²) in [6, 6.07) is 9.50. The van der Waals surface area contributed by atoms with E-state index in [4.69, 9.17) is 0 Å². The largest absolute Gasteiger partial charge is 0.291 e. The molecule has 5 nitrogen and oxygen atoms in total. The number of hydrazone groups is 1. The van der Waals surface area contributed by atoms with Crippen LogP contribution in [0, 0.1) is 13.8 Å². The van der Waals surface area contributed by atoms with Crippen molar-refractivity contribution in [3.05, 3.63) is 52.8 Å². The van der Waals surface area contributed by atoms with Gasteiger partial charge in [0.15, 0.2) is 5.69 Å². The second kappa shape index (κ2) is 5.27. The van der Waals surface area contributed by atoms with Gasteiger partial charge in [0.1, 0.15) is 0 Å². The zero-order chi connectivity index (χ0) is 13.0. The molecule has 1 aromatic heterocycles. The van der Waals surface area contributed by atoms with Gasteiger partial charge >= 0.3 is 0 Å². The van der Waals surface area contributed by atoms with Crippen molar-refractivity contribution in [2.24, 2.45) is 5.10 Å². The SMILES string of the molecule is Cc1ccc(C=NNC(=O)c2cc(C)[nH]n2)cc1. The van der Waals surface area contributed by atoms with Crippen LogP contribution in [-0.2, 0) is 0 Å². The number of H-pyrrole nitrogens is 1. The molecule has 1 aromatic carbocycles. The van der Waals surface area contributed by atoms with E-state index in [-0.39, 0.29) is 5.91 Å². The fraction of sp³-hybridized carbons (Fsp3) is 0.154. The third-order valence-electron chi connectivity index (χ3n) is 2.40. The summed E-state index contributed by atoms with van der Waals surface area (Å²) in [6.45, 7) is 3.85. The maximum absolute atomic E-state index is 11.6. The van der Waals surface area contributed by atoms with Crippen molar-refractivity contribution >= 4 is 12.1 Å². The van der Waals surface area contributed by atoms with E-state index in [0.29, 0.717) is 5.69 Å². The Kier molecular flexibility index (Phi) is 3.52. The lowest BCUT2D eigenvalue weighted by molar-refractivity contribution is 0.0950. The number of nitrogens with zero attached hydrogens (tertiary/aromatic N) is 2.